The average Bonchev–Trinajstić information content (AvgIpc) is 3.28. The smallest absolute Gasteiger partial charge is 0.318 e. The van der Waals surface area contributed by atoms with Crippen molar-refractivity contribution in [2.24, 2.45) is 0 Å². The van der Waals surface area contributed by atoms with Crippen molar-refractivity contribution in [2.75, 3.05) is 44.7 Å². The molecule has 1 N–H and O–H groups in total. The number of nitrogens with one attached hydrogen (secondary N) is 1. The summed E-state index contributed by atoms with van der Waals surface area (Å²) in [5, 5.41) is 3.09. The van der Waals surface area contributed by atoms with Crippen LogP contribution in [0.25, 0.3) is 0 Å². The third kappa shape index (κ3) is 4.28. The van der Waals surface area contributed by atoms with Gasteiger partial charge in [0.2, 0.25) is 0 Å². The van der Waals surface area contributed by atoms with E-state index >= 15 is 0 Å². The van der Waals surface area contributed by atoms with Crippen molar-refractivity contribution in [1.29, 1.82) is 0 Å². The predicted octanol–water partition coefficient (Wildman–Crippen LogP) is 2.88. The molecule has 1 unspecified atom stereocenters. The molecule has 0 bridgehead atoms. The first-order valence-corrected chi connectivity index (χ1v) is 10.2. The molecule has 2 amide bonds. The molecule has 28 heavy (non-hydrogen) atoms. The number of urea groups is 1. The highest BCUT2D eigenvalue weighted by Crippen LogP contribution is 2.25. The minimum absolute atomic E-state index is 0.00873. The Morgan fingerprint density at radius 1 is 1.07 bits per heavy atom. The van der Waals surface area contributed by atoms with Gasteiger partial charge in [0.05, 0.1) is 6.04 Å². The van der Waals surface area contributed by atoms with Gasteiger partial charge < -0.3 is 20.0 Å². The van der Waals surface area contributed by atoms with E-state index < -0.39 is 0 Å². The molecule has 6 heteroatoms. The molecule has 1 atom stereocenters. The van der Waals surface area contributed by atoms with Gasteiger partial charge in [-0.1, -0.05) is 36.4 Å². The van der Waals surface area contributed by atoms with Crippen molar-refractivity contribution in [3.05, 3.63) is 59.8 Å². The molecule has 1 aromatic heterocycles. The highest BCUT2D eigenvalue weighted by atomic mass is 16.2. The van der Waals surface area contributed by atoms with Crippen LogP contribution >= 0.6 is 0 Å². The van der Waals surface area contributed by atoms with Crippen LogP contribution in [-0.2, 0) is 6.54 Å². The number of amides is 2. The van der Waals surface area contributed by atoms with Gasteiger partial charge in [-0.15, -0.1) is 0 Å². The second kappa shape index (κ2) is 8.61. The summed E-state index contributed by atoms with van der Waals surface area (Å²) < 4.78 is 0. The van der Waals surface area contributed by atoms with E-state index in [2.05, 4.69) is 51.4 Å². The van der Waals surface area contributed by atoms with E-state index in [0.717, 1.165) is 44.1 Å². The van der Waals surface area contributed by atoms with Crippen LogP contribution in [0.2, 0.25) is 0 Å². The summed E-state index contributed by atoms with van der Waals surface area (Å²) in [5.74, 6) is 1.04. The second-order valence-corrected chi connectivity index (χ2v) is 7.76. The highest BCUT2D eigenvalue weighted by Gasteiger charge is 2.30. The van der Waals surface area contributed by atoms with Gasteiger partial charge in [-0.25, -0.2) is 9.78 Å². The molecule has 2 aliphatic heterocycles. The van der Waals surface area contributed by atoms with Crippen molar-refractivity contribution >= 4 is 11.8 Å². The van der Waals surface area contributed by atoms with E-state index in [1.807, 2.05) is 29.3 Å². The lowest BCUT2D eigenvalue weighted by molar-refractivity contribution is 0.108. The van der Waals surface area contributed by atoms with Gasteiger partial charge in [0.25, 0.3) is 0 Å². The molecule has 2 saturated heterocycles. The lowest BCUT2D eigenvalue weighted by Gasteiger charge is -2.40. The molecule has 2 aromatic rings. The number of hydrogen-bond acceptors (Lipinski definition) is 4. The Hall–Kier alpha value is -2.60. The summed E-state index contributed by atoms with van der Waals surface area (Å²) in [5.41, 5.74) is 2.21. The number of piperazine rings is 1. The Bertz CT molecular complexity index is 773. The van der Waals surface area contributed by atoms with Crippen LogP contribution in [0.5, 0.6) is 0 Å². The van der Waals surface area contributed by atoms with Gasteiger partial charge in [0.15, 0.2) is 0 Å². The van der Waals surface area contributed by atoms with E-state index in [-0.39, 0.29) is 12.1 Å². The molecule has 0 radical (unpaired) electrons. The molecule has 4 rings (SSSR count). The normalized spacial score (nSPS) is 20.4. The number of aromatic nitrogens is 1. The lowest BCUT2D eigenvalue weighted by Crippen LogP contribution is -2.52. The number of anilines is 1. The summed E-state index contributed by atoms with van der Waals surface area (Å²) in [6, 6.07) is 14.5. The fourth-order valence-corrected chi connectivity index (χ4v) is 4.06. The minimum atomic E-state index is -0.00873. The topological polar surface area (TPSA) is 51.7 Å². The zero-order chi connectivity index (χ0) is 19.3. The zero-order valence-electron chi connectivity index (χ0n) is 16.6. The molecule has 0 spiro atoms. The number of carbonyl (C=O) groups excluding carboxylic acids is 1. The fourth-order valence-electron chi connectivity index (χ4n) is 4.06. The van der Waals surface area contributed by atoms with Crippen LogP contribution in [0.4, 0.5) is 10.6 Å². The first-order chi connectivity index (χ1) is 13.7. The van der Waals surface area contributed by atoms with Crippen LogP contribution in [0.1, 0.15) is 30.0 Å². The molecular weight excluding hydrogens is 350 g/mol. The summed E-state index contributed by atoms with van der Waals surface area (Å²) >= 11 is 0. The van der Waals surface area contributed by atoms with Crippen LogP contribution in [0, 0.1) is 0 Å². The number of carbonyl (C=O) groups is 1. The largest absolute Gasteiger partial charge is 0.357 e. The van der Waals surface area contributed by atoms with E-state index in [1.165, 1.54) is 18.4 Å². The van der Waals surface area contributed by atoms with Crippen LogP contribution in [0.3, 0.4) is 0 Å². The third-order valence-electron chi connectivity index (χ3n) is 5.71. The molecule has 6 nitrogen and oxygen atoms in total. The lowest BCUT2D eigenvalue weighted by atomic mass is 10.0. The van der Waals surface area contributed by atoms with Crippen molar-refractivity contribution in [1.82, 2.24) is 20.1 Å². The van der Waals surface area contributed by atoms with Crippen molar-refractivity contribution in [3.8, 4) is 0 Å². The van der Waals surface area contributed by atoms with Gasteiger partial charge >= 0.3 is 6.03 Å². The molecule has 2 fully saturated rings. The summed E-state index contributed by atoms with van der Waals surface area (Å²) in [6.07, 6.45) is 4.37. The Balaban J connectivity index is 1.38. The molecule has 148 valence electrons. The number of benzene rings is 1. The summed E-state index contributed by atoms with van der Waals surface area (Å²) in [6.45, 7) is 5.15. The standard InChI is InChI=1S/C22H29N5O/c1-25-13-14-27(20(17-25)19-7-3-2-4-8-19)22(28)24-16-18-9-10-21(23-15-18)26-11-5-6-12-26/h2-4,7-10,15,20H,5-6,11-14,16-17H2,1H3,(H,24,28). The van der Waals surface area contributed by atoms with Crippen molar-refractivity contribution in [2.45, 2.75) is 25.4 Å². The first-order valence-electron chi connectivity index (χ1n) is 10.2. The van der Waals surface area contributed by atoms with Gasteiger partial charge in [-0.05, 0) is 37.1 Å². The van der Waals surface area contributed by atoms with Gasteiger partial charge in [-0.2, -0.15) is 0 Å². The number of pyridine rings is 1. The Morgan fingerprint density at radius 2 is 1.86 bits per heavy atom. The predicted molar refractivity (Wildman–Crippen MR) is 111 cm³/mol. The van der Waals surface area contributed by atoms with Crippen molar-refractivity contribution < 1.29 is 4.79 Å². The molecule has 2 aliphatic rings. The SMILES string of the molecule is CN1CCN(C(=O)NCc2ccc(N3CCCC3)nc2)C(c2ccccc2)C1. The number of likely N-dealkylation sites (N-methyl/N-ethyl adjacent to an activating group) is 1. The maximum atomic E-state index is 12.9. The number of hydrogen-bond donors (Lipinski definition) is 1. The molecule has 1 aromatic carbocycles. The molecular formula is C22H29N5O. The summed E-state index contributed by atoms with van der Waals surface area (Å²) in [7, 11) is 2.11. The van der Waals surface area contributed by atoms with Gasteiger partial charge in [0.1, 0.15) is 5.82 Å². The van der Waals surface area contributed by atoms with Gasteiger partial charge in [-0.3, -0.25) is 0 Å². The van der Waals surface area contributed by atoms with Crippen molar-refractivity contribution in [3.63, 3.8) is 0 Å². The quantitative estimate of drug-likeness (QED) is 0.888. The molecule has 0 saturated carbocycles. The molecule has 0 aliphatic carbocycles. The summed E-state index contributed by atoms with van der Waals surface area (Å²) in [4.78, 5) is 24.0. The van der Waals surface area contributed by atoms with E-state index in [0.29, 0.717) is 6.54 Å². The van der Waals surface area contributed by atoms with Gasteiger partial charge in [0, 0.05) is 45.5 Å². The monoisotopic (exact) mass is 379 g/mol. The van der Waals surface area contributed by atoms with Crippen LogP contribution in [-0.4, -0.2) is 60.6 Å². The maximum Gasteiger partial charge on any atom is 0.318 e. The Labute approximate surface area is 167 Å². The Morgan fingerprint density at radius 3 is 2.57 bits per heavy atom. The third-order valence-corrected chi connectivity index (χ3v) is 5.71. The second-order valence-electron chi connectivity index (χ2n) is 7.76. The van der Waals surface area contributed by atoms with Crippen LogP contribution < -0.4 is 10.2 Å². The van der Waals surface area contributed by atoms with E-state index in [9.17, 15) is 4.79 Å². The number of nitrogens with zero attached hydrogens (tertiary/aromatic N) is 4. The van der Waals surface area contributed by atoms with E-state index in [4.69, 9.17) is 0 Å². The maximum absolute atomic E-state index is 12.9. The zero-order valence-corrected chi connectivity index (χ0v) is 16.6. The highest BCUT2D eigenvalue weighted by molar-refractivity contribution is 5.75. The average molecular weight is 380 g/mol. The fraction of sp³-hybridized carbons (Fsp3) is 0.455. The number of rotatable bonds is 4. The first kappa shape index (κ1) is 18.7. The van der Waals surface area contributed by atoms with Crippen LogP contribution in [0.15, 0.2) is 48.7 Å². The molecule has 3 heterocycles. The van der Waals surface area contributed by atoms with E-state index in [1.54, 1.807) is 0 Å². The minimum Gasteiger partial charge on any atom is -0.357 e. The Kier molecular flexibility index (Phi) is 5.76.